The van der Waals surface area contributed by atoms with Crippen LogP contribution >= 0.6 is 0 Å². The summed E-state index contributed by atoms with van der Waals surface area (Å²) in [4.78, 5) is 10.8. The van der Waals surface area contributed by atoms with Crippen LogP contribution in [0.5, 0.6) is 0 Å². The van der Waals surface area contributed by atoms with Crippen LogP contribution < -0.4 is 0 Å². The van der Waals surface area contributed by atoms with Gasteiger partial charge in [0.1, 0.15) is 0 Å². The van der Waals surface area contributed by atoms with Gasteiger partial charge in [-0.3, -0.25) is 5.10 Å². The Morgan fingerprint density at radius 2 is 2.53 bits per heavy atom. The molecule has 0 aliphatic heterocycles. The zero-order valence-corrected chi connectivity index (χ0v) is 8.36. The fourth-order valence-electron chi connectivity index (χ4n) is 2.84. The van der Waals surface area contributed by atoms with Gasteiger partial charge in [0.25, 0.3) is 0 Å². The van der Waals surface area contributed by atoms with Gasteiger partial charge in [0, 0.05) is 30.9 Å². The van der Waals surface area contributed by atoms with Crippen LogP contribution in [0.1, 0.15) is 27.7 Å². The molecule has 3 atom stereocenters. The Bertz CT molecular complexity index is 426. The maximum atomic E-state index is 10.8. The van der Waals surface area contributed by atoms with Crippen molar-refractivity contribution in [1.82, 2.24) is 10.2 Å². The SMILES string of the molecule is COCC1[C@H]2c3[nH]nc(C(=O)O)c3C[C@@H]12. The maximum absolute atomic E-state index is 10.8. The molecule has 1 fully saturated rings. The molecule has 1 unspecified atom stereocenters. The van der Waals surface area contributed by atoms with Crippen molar-refractivity contribution in [3.8, 4) is 0 Å². The van der Waals surface area contributed by atoms with E-state index in [1.165, 1.54) is 0 Å². The van der Waals surface area contributed by atoms with Crippen LogP contribution in [-0.4, -0.2) is 35.0 Å². The van der Waals surface area contributed by atoms with E-state index < -0.39 is 5.97 Å². The number of ether oxygens (including phenoxy) is 1. The Hall–Kier alpha value is -1.36. The molecule has 0 radical (unpaired) electrons. The summed E-state index contributed by atoms with van der Waals surface area (Å²) in [5.41, 5.74) is 2.14. The number of carboxylic acid groups (broad SMARTS) is 1. The first-order chi connectivity index (χ1) is 7.24. The zero-order valence-electron chi connectivity index (χ0n) is 8.36. The molecule has 1 aromatic rings. The molecular formula is C10H12N2O3. The number of carboxylic acids is 1. The number of methoxy groups -OCH3 is 1. The van der Waals surface area contributed by atoms with E-state index in [2.05, 4.69) is 10.2 Å². The lowest BCUT2D eigenvalue weighted by molar-refractivity contribution is 0.0689. The van der Waals surface area contributed by atoms with Crippen molar-refractivity contribution in [2.75, 3.05) is 13.7 Å². The van der Waals surface area contributed by atoms with E-state index in [9.17, 15) is 4.79 Å². The lowest BCUT2D eigenvalue weighted by Gasteiger charge is -2.01. The second kappa shape index (κ2) is 2.82. The molecule has 0 spiro atoms. The van der Waals surface area contributed by atoms with Crippen LogP contribution in [0.25, 0.3) is 0 Å². The Balaban J connectivity index is 1.88. The van der Waals surface area contributed by atoms with Crippen molar-refractivity contribution in [2.45, 2.75) is 12.3 Å². The third-order valence-corrected chi connectivity index (χ3v) is 3.57. The molecule has 1 aromatic heterocycles. The number of hydrogen-bond acceptors (Lipinski definition) is 3. The number of aromatic nitrogens is 2. The molecule has 2 aliphatic carbocycles. The number of rotatable bonds is 3. The van der Waals surface area contributed by atoms with Gasteiger partial charge in [-0.2, -0.15) is 5.10 Å². The molecule has 1 heterocycles. The highest BCUT2D eigenvalue weighted by Crippen LogP contribution is 2.61. The lowest BCUT2D eigenvalue weighted by atomic mass is 10.1. The molecular weight excluding hydrogens is 196 g/mol. The van der Waals surface area contributed by atoms with Gasteiger partial charge < -0.3 is 9.84 Å². The van der Waals surface area contributed by atoms with Gasteiger partial charge in [0.2, 0.25) is 0 Å². The average Bonchev–Trinajstić information content (AvgIpc) is 2.60. The minimum Gasteiger partial charge on any atom is -0.476 e. The van der Waals surface area contributed by atoms with Crippen LogP contribution in [0, 0.1) is 11.8 Å². The highest BCUT2D eigenvalue weighted by molar-refractivity contribution is 5.87. The van der Waals surface area contributed by atoms with Crippen LogP contribution in [0.4, 0.5) is 0 Å². The number of carbonyl (C=O) groups is 1. The molecule has 5 heteroatoms. The summed E-state index contributed by atoms with van der Waals surface area (Å²) in [7, 11) is 1.70. The molecule has 2 aliphatic rings. The average molecular weight is 208 g/mol. The Morgan fingerprint density at radius 3 is 3.20 bits per heavy atom. The fourth-order valence-corrected chi connectivity index (χ4v) is 2.84. The van der Waals surface area contributed by atoms with E-state index >= 15 is 0 Å². The van der Waals surface area contributed by atoms with Gasteiger partial charge in [-0.1, -0.05) is 0 Å². The minimum absolute atomic E-state index is 0.202. The smallest absolute Gasteiger partial charge is 0.356 e. The molecule has 15 heavy (non-hydrogen) atoms. The van der Waals surface area contributed by atoms with Crippen LogP contribution in [0.3, 0.4) is 0 Å². The van der Waals surface area contributed by atoms with E-state index in [1.807, 2.05) is 0 Å². The molecule has 80 valence electrons. The van der Waals surface area contributed by atoms with Gasteiger partial charge in [-0.15, -0.1) is 0 Å². The summed E-state index contributed by atoms with van der Waals surface area (Å²) in [6.45, 7) is 0.760. The van der Waals surface area contributed by atoms with Gasteiger partial charge in [-0.05, 0) is 18.3 Å². The molecule has 0 aromatic carbocycles. The minimum atomic E-state index is -0.933. The monoisotopic (exact) mass is 208 g/mol. The van der Waals surface area contributed by atoms with Gasteiger partial charge in [0.15, 0.2) is 5.69 Å². The molecule has 3 rings (SSSR count). The largest absolute Gasteiger partial charge is 0.476 e. The van der Waals surface area contributed by atoms with Gasteiger partial charge >= 0.3 is 5.97 Å². The van der Waals surface area contributed by atoms with Crippen LogP contribution in [-0.2, 0) is 11.2 Å². The summed E-state index contributed by atoms with van der Waals surface area (Å²) in [6.07, 6.45) is 0.839. The summed E-state index contributed by atoms with van der Waals surface area (Å²) in [5.74, 6) is 0.662. The number of nitrogens with zero attached hydrogens (tertiary/aromatic N) is 1. The summed E-state index contributed by atoms with van der Waals surface area (Å²) in [5, 5.41) is 15.6. The second-order valence-electron chi connectivity index (χ2n) is 4.28. The van der Waals surface area contributed by atoms with E-state index in [1.54, 1.807) is 7.11 Å². The first-order valence-corrected chi connectivity index (χ1v) is 5.03. The van der Waals surface area contributed by atoms with Crippen LogP contribution in [0.15, 0.2) is 0 Å². The van der Waals surface area contributed by atoms with Crippen molar-refractivity contribution >= 4 is 5.97 Å². The number of aromatic carboxylic acids is 1. The van der Waals surface area contributed by atoms with E-state index in [-0.39, 0.29) is 5.69 Å². The second-order valence-corrected chi connectivity index (χ2v) is 4.28. The molecule has 0 amide bonds. The topological polar surface area (TPSA) is 75.2 Å². The molecule has 2 N–H and O–H groups in total. The van der Waals surface area contributed by atoms with Gasteiger partial charge in [0.05, 0.1) is 0 Å². The number of aromatic amines is 1. The molecule has 0 saturated heterocycles. The standard InChI is InChI=1S/C10H12N2O3/c1-15-3-6-4-2-5-8(7(4)6)11-12-9(5)10(13)14/h4,6-7H,2-3H2,1H3,(H,11,12)(H,13,14)/t4-,6?,7-/m0/s1. The Morgan fingerprint density at radius 1 is 1.73 bits per heavy atom. The third-order valence-electron chi connectivity index (χ3n) is 3.57. The molecule has 0 bridgehead atoms. The molecule has 5 nitrogen and oxygen atoms in total. The highest BCUT2D eigenvalue weighted by Gasteiger charge is 2.57. The fraction of sp³-hybridized carbons (Fsp3) is 0.600. The third kappa shape index (κ3) is 1.07. The van der Waals surface area contributed by atoms with Crippen molar-refractivity contribution in [3.63, 3.8) is 0 Å². The summed E-state index contributed by atoms with van der Waals surface area (Å²) >= 11 is 0. The first kappa shape index (κ1) is 8.91. The quantitative estimate of drug-likeness (QED) is 0.764. The van der Waals surface area contributed by atoms with Crippen molar-refractivity contribution in [1.29, 1.82) is 0 Å². The summed E-state index contributed by atoms with van der Waals surface area (Å²) in [6, 6.07) is 0. The predicted molar refractivity (Wildman–Crippen MR) is 50.8 cm³/mol. The normalized spacial score (nSPS) is 31.1. The Kier molecular flexibility index (Phi) is 1.68. The van der Waals surface area contributed by atoms with E-state index in [4.69, 9.17) is 9.84 Å². The first-order valence-electron chi connectivity index (χ1n) is 5.03. The molecule has 1 saturated carbocycles. The maximum Gasteiger partial charge on any atom is 0.356 e. The summed E-state index contributed by atoms with van der Waals surface area (Å²) < 4.78 is 5.12. The predicted octanol–water partition coefficient (Wildman–Crippen LogP) is 0.640. The van der Waals surface area contributed by atoms with E-state index in [0.29, 0.717) is 17.8 Å². The van der Waals surface area contributed by atoms with E-state index in [0.717, 1.165) is 24.3 Å². The number of H-pyrrole nitrogens is 1. The number of hydrogen-bond donors (Lipinski definition) is 2. The van der Waals surface area contributed by atoms with Crippen molar-refractivity contribution in [3.05, 3.63) is 17.0 Å². The lowest BCUT2D eigenvalue weighted by Crippen LogP contribution is -2.04. The Labute approximate surface area is 86.4 Å². The number of nitrogens with one attached hydrogen (secondary N) is 1. The van der Waals surface area contributed by atoms with Crippen LogP contribution in [0.2, 0.25) is 0 Å². The number of fused-ring (bicyclic) bond motifs is 3. The zero-order chi connectivity index (χ0) is 10.6. The van der Waals surface area contributed by atoms with Crippen molar-refractivity contribution in [2.24, 2.45) is 11.8 Å². The highest BCUT2D eigenvalue weighted by atomic mass is 16.5. The van der Waals surface area contributed by atoms with Crippen molar-refractivity contribution < 1.29 is 14.6 Å². The van der Waals surface area contributed by atoms with Gasteiger partial charge in [-0.25, -0.2) is 4.79 Å².